The maximum atomic E-state index is 13.4. The van der Waals surface area contributed by atoms with Crippen LogP contribution in [0.5, 0.6) is 0 Å². The van der Waals surface area contributed by atoms with Crippen LogP contribution in [0.3, 0.4) is 0 Å². The van der Waals surface area contributed by atoms with Crippen LogP contribution in [0.4, 0.5) is 4.39 Å². The van der Waals surface area contributed by atoms with Gasteiger partial charge in [0.2, 0.25) is 5.91 Å². The Bertz CT molecular complexity index is 553. The third-order valence-corrected chi connectivity index (χ3v) is 5.40. The monoisotopic (exact) mass is 276 g/mol. The van der Waals surface area contributed by atoms with Gasteiger partial charge in [-0.3, -0.25) is 10.1 Å². The van der Waals surface area contributed by atoms with Crippen molar-refractivity contribution in [2.24, 2.45) is 10.8 Å². The molecule has 1 unspecified atom stereocenters. The van der Waals surface area contributed by atoms with Gasteiger partial charge in [0.05, 0.1) is 6.54 Å². The summed E-state index contributed by atoms with van der Waals surface area (Å²) < 4.78 is 13.4. The normalized spacial score (nSPS) is 27.9. The summed E-state index contributed by atoms with van der Waals surface area (Å²) in [6.07, 6.45) is -0.218. The van der Waals surface area contributed by atoms with Crippen LogP contribution < -0.4 is 5.32 Å². The summed E-state index contributed by atoms with van der Waals surface area (Å²) in [7, 11) is 0. The van der Waals surface area contributed by atoms with Crippen LogP contribution >= 0.6 is 0 Å². The minimum absolute atomic E-state index is 0.0836. The molecule has 3 rings (SSSR count). The van der Waals surface area contributed by atoms with Crippen LogP contribution in [0, 0.1) is 16.6 Å². The van der Waals surface area contributed by atoms with Crippen molar-refractivity contribution < 1.29 is 9.18 Å². The average Bonchev–Trinajstić information content (AvgIpc) is 2.65. The minimum atomic E-state index is -0.266. The van der Waals surface area contributed by atoms with Crippen molar-refractivity contribution in [3.8, 4) is 0 Å². The van der Waals surface area contributed by atoms with Gasteiger partial charge in [0.15, 0.2) is 0 Å². The number of carbonyl (C=O) groups is 1. The van der Waals surface area contributed by atoms with Gasteiger partial charge in [-0.2, -0.15) is 0 Å². The van der Waals surface area contributed by atoms with Crippen LogP contribution in [0.25, 0.3) is 0 Å². The molecule has 1 aliphatic heterocycles. The summed E-state index contributed by atoms with van der Waals surface area (Å²) >= 11 is 0. The van der Waals surface area contributed by atoms with E-state index in [9.17, 15) is 9.18 Å². The van der Waals surface area contributed by atoms with Gasteiger partial charge < -0.3 is 4.90 Å². The molecule has 0 radical (unpaired) electrons. The molecular weight excluding hydrogens is 255 g/mol. The van der Waals surface area contributed by atoms with Gasteiger partial charge in [0, 0.05) is 6.04 Å². The Morgan fingerprint density at radius 1 is 1.25 bits per heavy atom. The molecule has 2 fully saturated rings. The highest BCUT2D eigenvalue weighted by atomic mass is 19.1. The topological polar surface area (TPSA) is 32.3 Å². The van der Waals surface area contributed by atoms with Crippen molar-refractivity contribution in [2.45, 2.75) is 39.9 Å². The van der Waals surface area contributed by atoms with Crippen molar-refractivity contribution in [3.05, 3.63) is 35.6 Å². The molecule has 1 aromatic carbocycles. The SMILES string of the molecule is CC1(C)C(N2C(=O)CNC2c2cccc(F)c2)C1(C)C. The van der Waals surface area contributed by atoms with Gasteiger partial charge in [-0.25, -0.2) is 4.39 Å². The number of nitrogens with zero attached hydrogens (tertiary/aromatic N) is 1. The number of nitrogens with one attached hydrogen (secondary N) is 1. The van der Waals surface area contributed by atoms with Crippen molar-refractivity contribution in [3.63, 3.8) is 0 Å². The fraction of sp³-hybridized carbons (Fsp3) is 0.562. The van der Waals surface area contributed by atoms with E-state index >= 15 is 0 Å². The van der Waals surface area contributed by atoms with Crippen molar-refractivity contribution in [1.82, 2.24) is 10.2 Å². The molecule has 0 aromatic heterocycles. The molecule has 1 N–H and O–H groups in total. The van der Waals surface area contributed by atoms with Crippen molar-refractivity contribution in [2.75, 3.05) is 6.54 Å². The van der Waals surface area contributed by atoms with E-state index < -0.39 is 0 Å². The molecule has 1 saturated carbocycles. The fourth-order valence-corrected chi connectivity index (χ4v) is 3.62. The van der Waals surface area contributed by atoms with Gasteiger partial charge in [0.1, 0.15) is 12.0 Å². The summed E-state index contributed by atoms with van der Waals surface area (Å²) in [5, 5.41) is 3.21. The predicted octanol–water partition coefficient (Wildman–Crippen LogP) is 2.69. The molecule has 108 valence electrons. The van der Waals surface area contributed by atoms with Crippen LogP contribution in [0.2, 0.25) is 0 Å². The molecular formula is C16H21FN2O. The van der Waals surface area contributed by atoms with E-state index in [2.05, 4.69) is 33.0 Å². The number of amides is 1. The Balaban J connectivity index is 1.95. The van der Waals surface area contributed by atoms with E-state index in [-0.39, 0.29) is 34.8 Å². The number of rotatable bonds is 2. The number of carbonyl (C=O) groups excluding carboxylic acids is 1. The number of benzene rings is 1. The quantitative estimate of drug-likeness (QED) is 0.900. The first-order chi connectivity index (χ1) is 9.26. The van der Waals surface area contributed by atoms with Crippen molar-refractivity contribution >= 4 is 5.91 Å². The summed E-state index contributed by atoms with van der Waals surface area (Å²) in [4.78, 5) is 14.2. The first-order valence-electron chi connectivity index (χ1n) is 7.07. The molecule has 0 spiro atoms. The second-order valence-corrected chi connectivity index (χ2v) is 6.99. The summed E-state index contributed by atoms with van der Waals surface area (Å²) in [5.41, 5.74) is 0.981. The first-order valence-corrected chi connectivity index (χ1v) is 7.07. The molecule has 1 heterocycles. The zero-order valence-corrected chi connectivity index (χ0v) is 12.4. The zero-order chi connectivity index (χ0) is 14.7. The van der Waals surface area contributed by atoms with E-state index in [1.54, 1.807) is 6.07 Å². The lowest BCUT2D eigenvalue weighted by molar-refractivity contribution is -0.129. The molecule has 4 heteroatoms. The summed E-state index contributed by atoms with van der Waals surface area (Å²) in [5.74, 6) is -0.166. The predicted molar refractivity (Wildman–Crippen MR) is 75.3 cm³/mol. The highest BCUT2D eigenvalue weighted by molar-refractivity contribution is 5.82. The van der Waals surface area contributed by atoms with Gasteiger partial charge in [-0.05, 0) is 28.5 Å². The largest absolute Gasteiger partial charge is 0.318 e. The molecule has 3 nitrogen and oxygen atoms in total. The fourth-order valence-electron chi connectivity index (χ4n) is 3.62. The van der Waals surface area contributed by atoms with Crippen molar-refractivity contribution in [1.29, 1.82) is 0 Å². The van der Waals surface area contributed by atoms with E-state index in [0.29, 0.717) is 6.54 Å². The van der Waals surface area contributed by atoms with E-state index in [4.69, 9.17) is 0 Å². The van der Waals surface area contributed by atoms with E-state index in [1.165, 1.54) is 12.1 Å². The van der Waals surface area contributed by atoms with Gasteiger partial charge in [0.25, 0.3) is 0 Å². The average molecular weight is 276 g/mol. The molecule has 1 aromatic rings. The molecule has 1 atom stereocenters. The Hall–Kier alpha value is -1.42. The number of hydrogen-bond donors (Lipinski definition) is 1. The first kappa shape index (κ1) is 13.6. The second kappa shape index (κ2) is 4.04. The number of halogens is 1. The van der Waals surface area contributed by atoms with Crippen LogP contribution in [-0.4, -0.2) is 23.4 Å². The Kier molecular flexibility index (Phi) is 2.74. The smallest absolute Gasteiger partial charge is 0.238 e. The van der Waals surface area contributed by atoms with E-state index in [1.807, 2.05) is 11.0 Å². The minimum Gasteiger partial charge on any atom is -0.318 e. The Morgan fingerprint density at radius 3 is 2.45 bits per heavy atom. The lowest BCUT2D eigenvalue weighted by atomic mass is 10.0. The number of hydrogen-bond acceptors (Lipinski definition) is 2. The maximum Gasteiger partial charge on any atom is 0.238 e. The lowest BCUT2D eigenvalue weighted by Crippen LogP contribution is -2.35. The Labute approximate surface area is 119 Å². The van der Waals surface area contributed by atoms with Gasteiger partial charge >= 0.3 is 0 Å². The van der Waals surface area contributed by atoms with Crippen LogP contribution in [0.15, 0.2) is 24.3 Å². The van der Waals surface area contributed by atoms with Crippen LogP contribution in [-0.2, 0) is 4.79 Å². The van der Waals surface area contributed by atoms with Gasteiger partial charge in [-0.15, -0.1) is 0 Å². The van der Waals surface area contributed by atoms with Crippen LogP contribution in [0.1, 0.15) is 39.4 Å². The molecule has 1 saturated heterocycles. The summed E-state index contributed by atoms with van der Waals surface area (Å²) in [6.45, 7) is 9.07. The van der Waals surface area contributed by atoms with E-state index in [0.717, 1.165) is 5.56 Å². The summed E-state index contributed by atoms with van der Waals surface area (Å²) in [6, 6.07) is 6.68. The molecule has 0 bridgehead atoms. The Morgan fingerprint density at radius 2 is 1.90 bits per heavy atom. The highest BCUT2D eigenvalue weighted by Gasteiger charge is 2.69. The molecule has 2 aliphatic rings. The maximum absolute atomic E-state index is 13.4. The zero-order valence-electron chi connectivity index (χ0n) is 12.4. The van der Waals surface area contributed by atoms with Gasteiger partial charge in [-0.1, -0.05) is 39.8 Å². The highest BCUT2D eigenvalue weighted by Crippen LogP contribution is 2.66. The molecule has 20 heavy (non-hydrogen) atoms. The second-order valence-electron chi connectivity index (χ2n) is 6.99. The lowest BCUT2D eigenvalue weighted by Gasteiger charge is -2.27. The standard InChI is InChI=1S/C16H21FN2O/c1-15(2)14(16(15,3)4)19-12(20)9-18-13(19)10-6-5-7-11(17)8-10/h5-8,13-14,18H,9H2,1-4H3. The third kappa shape index (κ3) is 1.71. The molecule has 1 aliphatic carbocycles. The molecule has 1 amide bonds. The third-order valence-electron chi connectivity index (χ3n) is 5.40.